The largest absolute Gasteiger partial charge is 0.508 e. The molecule has 1 aromatic rings. The molecule has 0 saturated carbocycles. The molecule has 0 aliphatic rings. The van der Waals surface area contributed by atoms with E-state index < -0.39 is 12.1 Å². The van der Waals surface area contributed by atoms with Crippen LogP contribution in [-0.2, 0) is 9.53 Å². The van der Waals surface area contributed by atoms with Crippen molar-refractivity contribution in [1.29, 1.82) is 0 Å². The number of phenols is 1. The van der Waals surface area contributed by atoms with Crippen LogP contribution in [0.3, 0.4) is 0 Å². The van der Waals surface area contributed by atoms with Crippen LogP contribution in [0.2, 0.25) is 0 Å². The molecular formula is C13H18O4. The first kappa shape index (κ1) is 13.5. The number of phenolic OH excluding ortho intramolecular Hbond substituents is 1. The first-order valence-electron chi connectivity index (χ1n) is 5.70. The van der Waals surface area contributed by atoms with Crippen molar-refractivity contribution in [2.24, 2.45) is 0 Å². The van der Waals surface area contributed by atoms with Gasteiger partial charge >= 0.3 is 5.97 Å². The third kappa shape index (κ3) is 3.75. The molecule has 0 aromatic heterocycles. The summed E-state index contributed by atoms with van der Waals surface area (Å²) in [5, 5.41) is 19.2. The minimum atomic E-state index is -1.33. The molecule has 0 bridgehead atoms. The molecule has 1 atom stereocenters. The van der Waals surface area contributed by atoms with Crippen LogP contribution in [-0.4, -0.2) is 22.8 Å². The van der Waals surface area contributed by atoms with Gasteiger partial charge in [0, 0.05) is 0 Å². The molecule has 0 amide bonds. The van der Waals surface area contributed by atoms with E-state index in [1.807, 2.05) is 6.92 Å². The van der Waals surface area contributed by atoms with Crippen LogP contribution in [0.25, 0.3) is 0 Å². The van der Waals surface area contributed by atoms with Crippen molar-refractivity contribution < 1.29 is 19.7 Å². The maximum Gasteiger partial charge on any atom is 0.339 e. The zero-order valence-electron chi connectivity index (χ0n) is 10.1. The Labute approximate surface area is 101 Å². The van der Waals surface area contributed by atoms with E-state index in [9.17, 15) is 15.0 Å². The SMILES string of the molecule is CCCCOC(=O)C(O)c1ccc(C)c(O)c1. The molecule has 4 nitrogen and oxygen atoms in total. The van der Waals surface area contributed by atoms with Crippen molar-refractivity contribution in [3.63, 3.8) is 0 Å². The Hall–Kier alpha value is -1.55. The Morgan fingerprint density at radius 1 is 1.47 bits per heavy atom. The number of hydrogen-bond donors (Lipinski definition) is 2. The lowest BCUT2D eigenvalue weighted by molar-refractivity contribution is -0.154. The predicted molar refractivity (Wildman–Crippen MR) is 63.7 cm³/mol. The summed E-state index contributed by atoms with van der Waals surface area (Å²) in [5.74, 6) is -0.621. The van der Waals surface area contributed by atoms with Gasteiger partial charge in [-0.05, 0) is 30.5 Å². The predicted octanol–water partition coefficient (Wildman–Crippen LogP) is 2.08. The fourth-order valence-electron chi connectivity index (χ4n) is 1.33. The highest BCUT2D eigenvalue weighted by Gasteiger charge is 2.19. The normalized spacial score (nSPS) is 12.2. The summed E-state index contributed by atoms with van der Waals surface area (Å²) >= 11 is 0. The van der Waals surface area contributed by atoms with Crippen LogP contribution in [0.15, 0.2) is 18.2 Å². The molecule has 1 unspecified atom stereocenters. The summed E-state index contributed by atoms with van der Waals surface area (Å²) in [5.41, 5.74) is 1.04. The molecule has 0 heterocycles. The van der Waals surface area contributed by atoms with E-state index in [1.165, 1.54) is 6.07 Å². The second kappa shape index (κ2) is 6.25. The Bertz CT molecular complexity index is 387. The van der Waals surface area contributed by atoms with Crippen molar-refractivity contribution >= 4 is 5.97 Å². The first-order valence-corrected chi connectivity index (χ1v) is 5.70. The van der Waals surface area contributed by atoms with Gasteiger partial charge in [-0.2, -0.15) is 0 Å². The molecule has 0 spiro atoms. The van der Waals surface area contributed by atoms with Gasteiger partial charge in [0.25, 0.3) is 0 Å². The number of aliphatic hydroxyl groups is 1. The van der Waals surface area contributed by atoms with Crippen LogP contribution < -0.4 is 0 Å². The van der Waals surface area contributed by atoms with E-state index >= 15 is 0 Å². The van der Waals surface area contributed by atoms with Gasteiger partial charge < -0.3 is 14.9 Å². The third-order valence-corrected chi connectivity index (χ3v) is 2.51. The number of carbonyl (C=O) groups is 1. The fraction of sp³-hybridized carbons (Fsp3) is 0.462. The van der Waals surface area contributed by atoms with Gasteiger partial charge in [0.05, 0.1) is 6.61 Å². The van der Waals surface area contributed by atoms with E-state index in [0.717, 1.165) is 12.8 Å². The van der Waals surface area contributed by atoms with Gasteiger partial charge in [-0.1, -0.05) is 25.5 Å². The first-order chi connectivity index (χ1) is 8.06. The Kier molecular flexibility index (Phi) is 4.97. The quantitative estimate of drug-likeness (QED) is 0.608. The number of unbranched alkanes of at least 4 members (excludes halogenated alkanes) is 1. The number of rotatable bonds is 5. The minimum absolute atomic E-state index is 0.0582. The molecule has 17 heavy (non-hydrogen) atoms. The number of benzene rings is 1. The van der Waals surface area contributed by atoms with Gasteiger partial charge in [-0.3, -0.25) is 0 Å². The average Bonchev–Trinajstić information content (AvgIpc) is 2.32. The van der Waals surface area contributed by atoms with Crippen LogP contribution in [0.1, 0.15) is 37.0 Å². The van der Waals surface area contributed by atoms with E-state index in [2.05, 4.69) is 0 Å². The average molecular weight is 238 g/mol. The van der Waals surface area contributed by atoms with E-state index in [-0.39, 0.29) is 5.75 Å². The second-order valence-corrected chi connectivity index (χ2v) is 3.97. The molecule has 94 valence electrons. The number of esters is 1. The lowest BCUT2D eigenvalue weighted by Crippen LogP contribution is -2.16. The van der Waals surface area contributed by atoms with Crippen LogP contribution >= 0.6 is 0 Å². The number of carbonyl (C=O) groups excluding carboxylic acids is 1. The van der Waals surface area contributed by atoms with E-state index in [0.29, 0.717) is 17.7 Å². The third-order valence-electron chi connectivity index (χ3n) is 2.51. The van der Waals surface area contributed by atoms with Gasteiger partial charge in [0.15, 0.2) is 6.10 Å². The molecule has 0 aliphatic carbocycles. The smallest absolute Gasteiger partial charge is 0.339 e. The number of hydrogen-bond acceptors (Lipinski definition) is 4. The fourth-order valence-corrected chi connectivity index (χ4v) is 1.33. The molecule has 0 fully saturated rings. The summed E-state index contributed by atoms with van der Waals surface area (Å²) in [6.45, 7) is 4.04. The van der Waals surface area contributed by atoms with Crippen LogP contribution in [0.4, 0.5) is 0 Å². The highest BCUT2D eigenvalue weighted by Crippen LogP contribution is 2.22. The standard InChI is InChI=1S/C13H18O4/c1-3-4-7-17-13(16)12(15)10-6-5-9(2)11(14)8-10/h5-6,8,12,14-15H,3-4,7H2,1-2H3. The van der Waals surface area contributed by atoms with Crippen LogP contribution in [0, 0.1) is 6.92 Å². The van der Waals surface area contributed by atoms with E-state index in [4.69, 9.17) is 4.74 Å². The summed E-state index contributed by atoms with van der Waals surface area (Å²) in [6, 6.07) is 4.62. The van der Waals surface area contributed by atoms with Crippen molar-refractivity contribution in [2.45, 2.75) is 32.8 Å². The number of aliphatic hydroxyl groups excluding tert-OH is 1. The molecule has 1 rings (SSSR count). The van der Waals surface area contributed by atoms with Gasteiger partial charge in [0.2, 0.25) is 0 Å². The van der Waals surface area contributed by atoms with Gasteiger partial charge in [-0.15, -0.1) is 0 Å². The van der Waals surface area contributed by atoms with Crippen molar-refractivity contribution in [1.82, 2.24) is 0 Å². The molecule has 4 heteroatoms. The summed E-state index contributed by atoms with van der Waals surface area (Å²) in [4.78, 5) is 11.5. The van der Waals surface area contributed by atoms with Crippen molar-refractivity contribution in [2.75, 3.05) is 6.61 Å². The zero-order chi connectivity index (χ0) is 12.8. The molecule has 2 N–H and O–H groups in total. The number of aryl methyl sites for hydroxylation is 1. The molecular weight excluding hydrogens is 220 g/mol. The molecule has 0 aliphatic heterocycles. The summed E-state index contributed by atoms with van der Waals surface area (Å²) < 4.78 is 4.90. The van der Waals surface area contributed by atoms with Crippen molar-refractivity contribution in [3.8, 4) is 5.75 Å². The summed E-state index contributed by atoms with van der Waals surface area (Å²) in [6.07, 6.45) is 0.366. The zero-order valence-corrected chi connectivity index (χ0v) is 10.1. The molecule has 1 aromatic carbocycles. The monoisotopic (exact) mass is 238 g/mol. The highest BCUT2D eigenvalue weighted by atomic mass is 16.5. The van der Waals surface area contributed by atoms with Gasteiger partial charge in [0.1, 0.15) is 5.75 Å². The highest BCUT2D eigenvalue weighted by molar-refractivity contribution is 5.76. The maximum atomic E-state index is 11.5. The Morgan fingerprint density at radius 2 is 2.18 bits per heavy atom. The number of ether oxygens (including phenoxy) is 1. The second-order valence-electron chi connectivity index (χ2n) is 3.97. The number of aromatic hydroxyl groups is 1. The van der Waals surface area contributed by atoms with Crippen LogP contribution in [0.5, 0.6) is 5.75 Å². The topological polar surface area (TPSA) is 66.8 Å². The lowest BCUT2D eigenvalue weighted by atomic mass is 10.1. The Morgan fingerprint density at radius 3 is 2.76 bits per heavy atom. The van der Waals surface area contributed by atoms with Crippen molar-refractivity contribution in [3.05, 3.63) is 29.3 Å². The molecule has 0 radical (unpaired) electrons. The van der Waals surface area contributed by atoms with E-state index in [1.54, 1.807) is 19.1 Å². The van der Waals surface area contributed by atoms with Gasteiger partial charge in [-0.25, -0.2) is 4.79 Å². The minimum Gasteiger partial charge on any atom is -0.508 e. The molecule has 0 saturated heterocycles. The Balaban J connectivity index is 2.65. The lowest BCUT2D eigenvalue weighted by Gasteiger charge is -2.11. The maximum absolute atomic E-state index is 11.5. The summed E-state index contributed by atoms with van der Waals surface area (Å²) in [7, 11) is 0.